The number of nitrogens with zero attached hydrogens (tertiary/aromatic N) is 1. The lowest BCUT2D eigenvalue weighted by Crippen LogP contribution is -2.09. The zero-order valence-electron chi connectivity index (χ0n) is 12.1. The van der Waals surface area contributed by atoms with Crippen molar-refractivity contribution in [2.24, 2.45) is 4.36 Å². The zero-order valence-corrected chi connectivity index (χ0v) is 13.6. The second-order valence-electron chi connectivity index (χ2n) is 4.51. The van der Waals surface area contributed by atoms with Gasteiger partial charge in [0, 0.05) is 15.7 Å². The molecule has 2 aromatic carbocycles. The molecule has 0 fully saturated rings. The number of amides is 1. The normalized spacial score (nSPS) is 13.2. The van der Waals surface area contributed by atoms with Crippen molar-refractivity contribution >= 4 is 27.4 Å². The lowest BCUT2D eigenvalue weighted by atomic mass is 10.2. The Morgan fingerprint density at radius 2 is 1.77 bits per heavy atom. The molecule has 0 aliphatic heterocycles. The van der Waals surface area contributed by atoms with Crippen LogP contribution in [-0.2, 0) is 21.1 Å². The molecule has 116 valence electrons. The molecule has 2 rings (SSSR count). The summed E-state index contributed by atoms with van der Waals surface area (Å²) in [6, 6.07) is 15.7. The number of hydrogen-bond donors (Lipinski definition) is 0. The van der Waals surface area contributed by atoms with Gasteiger partial charge >= 0.3 is 6.09 Å². The van der Waals surface area contributed by atoms with E-state index in [0.29, 0.717) is 9.92 Å². The van der Waals surface area contributed by atoms with Crippen molar-refractivity contribution in [1.29, 1.82) is 0 Å². The Kier molecular flexibility index (Phi) is 5.57. The van der Waals surface area contributed by atoms with E-state index in [9.17, 15) is 9.00 Å². The molecule has 0 spiro atoms. The fourth-order valence-corrected chi connectivity index (χ4v) is 3.35. The fraction of sp³-hybridized carbons (Fsp3) is 0.188. The molecule has 1 unspecified atom stereocenters. The minimum absolute atomic E-state index is 0.100. The van der Waals surface area contributed by atoms with Crippen molar-refractivity contribution in [2.75, 3.05) is 5.75 Å². The quantitative estimate of drug-likeness (QED) is 0.824. The van der Waals surface area contributed by atoms with Gasteiger partial charge in [0.2, 0.25) is 0 Å². The summed E-state index contributed by atoms with van der Waals surface area (Å²) < 4.78 is 21.6. The van der Waals surface area contributed by atoms with Gasteiger partial charge < -0.3 is 4.74 Å². The van der Waals surface area contributed by atoms with Crippen LogP contribution in [-0.4, -0.2) is 16.1 Å². The average molecular weight is 338 g/mol. The molecule has 6 heteroatoms. The Labute approximate surface area is 135 Å². The molecular weight excluding hydrogens is 322 g/mol. The van der Waals surface area contributed by atoms with Crippen LogP contribution in [0.5, 0.6) is 0 Å². The van der Waals surface area contributed by atoms with Crippen LogP contribution in [0, 0.1) is 0 Å². The van der Waals surface area contributed by atoms with Gasteiger partial charge in [-0.15, -0.1) is 4.36 Å². The summed E-state index contributed by atoms with van der Waals surface area (Å²) in [5.74, 6) is 0.217. The molecule has 1 amide bonds. The van der Waals surface area contributed by atoms with Crippen LogP contribution >= 0.6 is 11.6 Å². The number of benzene rings is 2. The first-order valence-corrected chi connectivity index (χ1v) is 8.81. The molecule has 0 aliphatic carbocycles. The third kappa shape index (κ3) is 4.32. The monoisotopic (exact) mass is 337 g/mol. The number of carbonyl (C=O) groups is 1. The predicted octanol–water partition coefficient (Wildman–Crippen LogP) is 4.52. The first-order valence-electron chi connectivity index (χ1n) is 6.74. The maximum absolute atomic E-state index is 12.8. The first kappa shape index (κ1) is 16.5. The highest BCUT2D eigenvalue weighted by Crippen LogP contribution is 2.18. The van der Waals surface area contributed by atoms with Crippen molar-refractivity contribution in [3.63, 3.8) is 0 Å². The molecule has 0 heterocycles. The zero-order chi connectivity index (χ0) is 16.0. The molecule has 0 aliphatic rings. The lowest BCUT2D eigenvalue weighted by Gasteiger charge is -2.08. The van der Waals surface area contributed by atoms with Gasteiger partial charge in [0.05, 0.1) is 9.73 Å². The van der Waals surface area contributed by atoms with Gasteiger partial charge in [-0.05, 0) is 29.8 Å². The summed E-state index contributed by atoms with van der Waals surface area (Å²) in [6.45, 7) is 1.81. The van der Waals surface area contributed by atoms with E-state index < -0.39 is 15.8 Å². The smallest absolute Gasteiger partial charge is 0.442 e. The topological polar surface area (TPSA) is 55.7 Å². The van der Waals surface area contributed by atoms with Crippen molar-refractivity contribution < 1.29 is 13.7 Å². The molecule has 22 heavy (non-hydrogen) atoms. The van der Waals surface area contributed by atoms with Crippen molar-refractivity contribution in [2.45, 2.75) is 18.4 Å². The van der Waals surface area contributed by atoms with Crippen LogP contribution in [0.3, 0.4) is 0 Å². The summed E-state index contributed by atoms with van der Waals surface area (Å²) in [7, 11) is -2.83. The third-order valence-electron chi connectivity index (χ3n) is 3.00. The number of halogens is 1. The Morgan fingerprint density at radius 3 is 2.36 bits per heavy atom. The number of ether oxygens (including phenoxy) is 1. The Bertz CT molecular complexity index is 751. The summed E-state index contributed by atoms with van der Waals surface area (Å²) in [5.41, 5.74) is 0.848. The van der Waals surface area contributed by atoms with E-state index >= 15 is 0 Å². The first-order chi connectivity index (χ1) is 10.5. The Hall–Kier alpha value is -1.85. The van der Waals surface area contributed by atoms with Gasteiger partial charge in [-0.3, -0.25) is 0 Å². The number of carbonyl (C=O) groups excluding carboxylic acids is 1. The summed E-state index contributed by atoms with van der Waals surface area (Å²) in [5, 5.41) is 0.535. The van der Waals surface area contributed by atoms with Crippen LogP contribution in [0.25, 0.3) is 0 Å². The van der Waals surface area contributed by atoms with Gasteiger partial charge in [0.25, 0.3) is 0 Å². The lowest BCUT2D eigenvalue weighted by molar-refractivity contribution is 0.151. The summed E-state index contributed by atoms with van der Waals surface area (Å²) in [6.07, 6.45) is -0.828. The Morgan fingerprint density at radius 1 is 1.14 bits per heavy atom. The van der Waals surface area contributed by atoms with Gasteiger partial charge in [-0.25, -0.2) is 9.00 Å². The maximum atomic E-state index is 12.8. The standard InChI is InChI=1S/C16H16ClNO3S/c1-2-22(20,15-10-8-14(17)9-11-15)18-16(19)21-12-13-6-4-3-5-7-13/h3-11H,2,12H2,1H3. The Balaban J connectivity index is 2.15. The van der Waals surface area contributed by atoms with Crippen LogP contribution in [0.15, 0.2) is 63.9 Å². The highest BCUT2D eigenvalue weighted by Gasteiger charge is 2.14. The largest absolute Gasteiger partial charge is 0.443 e. The molecular formula is C16H16ClNO3S. The van der Waals surface area contributed by atoms with Gasteiger partial charge in [-0.1, -0.05) is 48.9 Å². The molecule has 2 aromatic rings. The summed E-state index contributed by atoms with van der Waals surface area (Å²) in [4.78, 5) is 12.3. The van der Waals surface area contributed by atoms with Crippen LogP contribution < -0.4 is 0 Å². The van der Waals surface area contributed by atoms with Crippen molar-refractivity contribution in [3.05, 3.63) is 65.2 Å². The number of hydrogen-bond acceptors (Lipinski definition) is 3. The molecule has 4 nitrogen and oxygen atoms in total. The van der Waals surface area contributed by atoms with E-state index in [-0.39, 0.29) is 12.4 Å². The molecule has 0 bridgehead atoms. The fourth-order valence-electron chi connectivity index (χ4n) is 1.80. The minimum atomic E-state index is -2.83. The van der Waals surface area contributed by atoms with Crippen LogP contribution in [0.4, 0.5) is 4.79 Å². The molecule has 0 aromatic heterocycles. The second kappa shape index (κ2) is 7.42. The van der Waals surface area contributed by atoms with Gasteiger partial charge in [0.1, 0.15) is 6.61 Å². The second-order valence-corrected chi connectivity index (χ2v) is 7.46. The van der Waals surface area contributed by atoms with E-state index in [4.69, 9.17) is 16.3 Å². The van der Waals surface area contributed by atoms with Crippen molar-refractivity contribution in [3.8, 4) is 0 Å². The van der Waals surface area contributed by atoms with Gasteiger partial charge in [-0.2, -0.15) is 0 Å². The molecule has 0 radical (unpaired) electrons. The summed E-state index contributed by atoms with van der Waals surface area (Å²) >= 11 is 5.81. The third-order valence-corrected chi connectivity index (χ3v) is 5.49. The maximum Gasteiger partial charge on any atom is 0.442 e. The number of rotatable bonds is 4. The van der Waals surface area contributed by atoms with Crippen LogP contribution in [0.1, 0.15) is 12.5 Å². The van der Waals surface area contributed by atoms with E-state index in [2.05, 4.69) is 4.36 Å². The van der Waals surface area contributed by atoms with Crippen LogP contribution in [0.2, 0.25) is 5.02 Å². The highest BCUT2D eigenvalue weighted by molar-refractivity contribution is 7.93. The van der Waals surface area contributed by atoms with E-state index in [1.54, 1.807) is 31.2 Å². The molecule has 1 atom stereocenters. The van der Waals surface area contributed by atoms with Gasteiger partial charge in [0.15, 0.2) is 0 Å². The average Bonchev–Trinajstić information content (AvgIpc) is 2.54. The molecule has 0 saturated heterocycles. The SMILES string of the molecule is CCS(=O)(=NC(=O)OCc1ccccc1)c1ccc(Cl)cc1. The van der Waals surface area contributed by atoms with E-state index in [1.807, 2.05) is 30.3 Å². The van der Waals surface area contributed by atoms with E-state index in [0.717, 1.165) is 5.56 Å². The minimum Gasteiger partial charge on any atom is -0.443 e. The molecule has 0 saturated carbocycles. The molecule has 0 N–H and O–H groups in total. The van der Waals surface area contributed by atoms with E-state index in [1.165, 1.54) is 0 Å². The van der Waals surface area contributed by atoms with Crippen molar-refractivity contribution in [1.82, 2.24) is 0 Å². The predicted molar refractivity (Wildman–Crippen MR) is 87.5 cm³/mol. The highest BCUT2D eigenvalue weighted by atomic mass is 35.5.